The maximum atomic E-state index is 12.1. The van der Waals surface area contributed by atoms with Gasteiger partial charge in [-0.1, -0.05) is 58.9 Å². The second kappa shape index (κ2) is 8.96. The normalized spacial score (nSPS) is 10.5. The first-order valence-corrected chi connectivity index (χ1v) is 10.0. The molecule has 0 bridgehead atoms. The van der Waals surface area contributed by atoms with Crippen molar-refractivity contribution in [3.63, 3.8) is 0 Å². The summed E-state index contributed by atoms with van der Waals surface area (Å²) in [5.41, 5.74) is 3.87. The molecule has 0 spiro atoms. The van der Waals surface area contributed by atoms with E-state index < -0.39 is 0 Å². The first kappa shape index (κ1) is 18.6. The number of carbonyl (C=O) groups is 1. The van der Waals surface area contributed by atoms with Crippen molar-refractivity contribution in [1.82, 2.24) is 10.2 Å². The van der Waals surface area contributed by atoms with E-state index in [2.05, 4.69) is 38.4 Å². The molecule has 0 aliphatic carbocycles. The molecule has 1 heterocycles. The Bertz CT molecular complexity index is 865. The molecular formula is C20H18BrN3OS. The Morgan fingerprint density at radius 2 is 1.73 bits per heavy atom. The lowest BCUT2D eigenvalue weighted by Crippen LogP contribution is -2.14. The summed E-state index contributed by atoms with van der Waals surface area (Å²) < 4.78 is 1.02. The molecule has 2 aromatic carbocycles. The van der Waals surface area contributed by atoms with E-state index in [1.165, 1.54) is 17.3 Å². The molecule has 0 aliphatic rings. The smallest absolute Gasteiger partial charge is 0.234 e. The maximum Gasteiger partial charge on any atom is 0.234 e. The SMILES string of the molecule is CCc1ccc(NC(=O)CSc2ccc(-c3ccc(Br)cc3)nn2)cc1. The van der Waals surface area contributed by atoms with E-state index in [1.54, 1.807) is 0 Å². The molecule has 132 valence electrons. The van der Waals surface area contributed by atoms with Crippen molar-refractivity contribution in [3.05, 3.63) is 70.7 Å². The number of hydrogen-bond donors (Lipinski definition) is 1. The van der Waals surface area contributed by atoms with Crippen LogP contribution in [0, 0.1) is 0 Å². The minimum Gasteiger partial charge on any atom is -0.325 e. The van der Waals surface area contributed by atoms with Crippen LogP contribution in [0.3, 0.4) is 0 Å². The number of thioether (sulfide) groups is 1. The van der Waals surface area contributed by atoms with Crippen LogP contribution >= 0.6 is 27.7 Å². The summed E-state index contributed by atoms with van der Waals surface area (Å²) in [6, 6.07) is 19.6. The quantitative estimate of drug-likeness (QED) is 0.549. The van der Waals surface area contributed by atoms with Gasteiger partial charge in [-0.2, -0.15) is 0 Å². The van der Waals surface area contributed by atoms with Crippen LogP contribution in [0.2, 0.25) is 0 Å². The van der Waals surface area contributed by atoms with Crippen LogP contribution in [0.15, 0.2) is 70.2 Å². The van der Waals surface area contributed by atoms with Gasteiger partial charge in [0.15, 0.2) is 0 Å². The van der Waals surface area contributed by atoms with Crippen molar-refractivity contribution in [2.75, 3.05) is 11.1 Å². The minimum atomic E-state index is -0.0574. The third-order valence-electron chi connectivity index (χ3n) is 3.78. The Hall–Kier alpha value is -2.18. The van der Waals surface area contributed by atoms with Gasteiger partial charge in [-0.25, -0.2) is 0 Å². The molecule has 0 saturated heterocycles. The third-order valence-corrected chi connectivity index (χ3v) is 5.23. The molecule has 4 nitrogen and oxygen atoms in total. The van der Waals surface area contributed by atoms with Gasteiger partial charge in [-0.15, -0.1) is 10.2 Å². The van der Waals surface area contributed by atoms with Gasteiger partial charge in [0.2, 0.25) is 5.91 Å². The Morgan fingerprint density at radius 1 is 1.00 bits per heavy atom. The second-order valence-electron chi connectivity index (χ2n) is 5.65. The highest BCUT2D eigenvalue weighted by molar-refractivity contribution is 9.10. The molecule has 0 fully saturated rings. The zero-order valence-electron chi connectivity index (χ0n) is 14.3. The fourth-order valence-corrected chi connectivity index (χ4v) is 3.21. The minimum absolute atomic E-state index is 0.0574. The fourth-order valence-electron chi connectivity index (χ4n) is 2.33. The van der Waals surface area contributed by atoms with Gasteiger partial charge >= 0.3 is 0 Å². The van der Waals surface area contributed by atoms with E-state index in [-0.39, 0.29) is 5.91 Å². The van der Waals surface area contributed by atoms with Crippen molar-refractivity contribution >= 4 is 39.3 Å². The average Bonchev–Trinajstić information content (AvgIpc) is 2.68. The topological polar surface area (TPSA) is 54.9 Å². The molecule has 3 rings (SSSR count). The van der Waals surface area contributed by atoms with Crippen LogP contribution in [0.25, 0.3) is 11.3 Å². The van der Waals surface area contributed by atoms with Crippen LogP contribution in [-0.2, 0) is 11.2 Å². The molecule has 0 atom stereocenters. The number of rotatable bonds is 6. The van der Waals surface area contributed by atoms with E-state index in [1.807, 2.05) is 60.7 Å². The Morgan fingerprint density at radius 3 is 2.35 bits per heavy atom. The van der Waals surface area contributed by atoms with Crippen LogP contribution < -0.4 is 5.32 Å². The van der Waals surface area contributed by atoms with Crippen LogP contribution in [0.5, 0.6) is 0 Å². The van der Waals surface area contributed by atoms with E-state index in [0.29, 0.717) is 5.75 Å². The van der Waals surface area contributed by atoms with Crippen LogP contribution in [-0.4, -0.2) is 21.9 Å². The zero-order chi connectivity index (χ0) is 18.4. The number of anilines is 1. The standard InChI is InChI=1S/C20H18BrN3OS/c1-2-14-3-9-17(10-4-14)22-19(25)13-26-20-12-11-18(23-24-20)15-5-7-16(21)8-6-15/h3-12H,2,13H2,1H3,(H,22,25). The predicted molar refractivity (Wildman–Crippen MR) is 110 cm³/mol. The monoisotopic (exact) mass is 427 g/mol. The first-order chi connectivity index (χ1) is 12.6. The summed E-state index contributed by atoms with van der Waals surface area (Å²) >= 11 is 4.79. The summed E-state index contributed by atoms with van der Waals surface area (Å²) in [7, 11) is 0. The average molecular weight is 428 g/mol. The van der Waals surface area contributed by atoms with E-state index in [4.69, 9.17) is 0 Å². The summed E-state index contributed by atoms with van der Waals surface area (Å²) in [6.45, 7) is 2.10. The Balaban J connectivity index is 1.53. The number of nitrogens with one attached hydrogen (secondary N) is 1. The molecule has 1 aromatic heterocycles. The van der Waals surface area contributed by atoms with Crippen LogP contribution in [0.4, 0.5) is 5.69 Å². The van der Waals surface area contributed by atoms with Gasteiger partial charge in [0.25, 0.3) is 0 Å². The molecule has 1 N–H and O–H groups in total. The fraction of sp³-hybridized carbons (Fsp3) is 0.150. The summed E-state index contributed by atoms with van der Waals surface area (Å²) in [5.74, 6) is 0.236. The summed E-state index contributed by atoms with van der Waals surface area (Å²) in [5, 5.41) is 12.1. The maximum absolute atomic E-state index is 12.1. The molecule has 6 heteroatoms. The number of hydrogen-bond acceptors (Lipinski definition) is 4. The van der Waals surface area contributed by atoms with Gasteiger partial charge in [0, 0.05) is 15.7 Å². The van der Waals surface area contributed by atoms with Gasteiger partial charge < -0.3 is 5.32 Å². The summed E-state index contributed by atoms with van der Waals surface area (Å²) in [6.07, 6.45) is 0.985. The lowest BCUT2D eigenvalue weighted by Gasteiger charge is -2.06. The number of amides is 1. The molecule has 0 saturated carbocycles. The molecule has 0 radical (unpaired) electrons. The second-order valence-corrected chi connectivity index (χ2v) is 7.56. The molecule has 26 heavy (non-hydrogen) atoms. The zero-order valence-corrected chi connectivity index (χ0v) is 16.7. The molecule has 3 aromatic rings. The highest BCUT2D eigenvalue weighted by atomic mass is 79.9. The lowest BCUT2D eigenvalue weighted by atomic mass is 10.1. The predicted octanol–water partition coefficient (Wildman–Crippen LogP) is 5.20. The van der Waals surface area contributed by atoms with Crippen molar-refractivity contribution in [2.24, 2.45) is 0 Å². The van der Waals surface area contributed by atoms with Crippen molar-refractivity contribution < 1.29 is 4.79 Å². The van der Waals surface area contributed by atoms with Crippen molar-refractivity contribution in [2.45, 2.75) is 18.4 Å². The van der Waals surface area contributed by atoms with Gasteiger partial charge in [-0.05, 0) is 48.4 Å². The lowest BCUT2D eigenvalue weighted by molar-refractivity contribution is -0.113. The molecule has 0 unspecified atom stereocenters. The Kier molecular flexibility index (Phi) is 6.41. The highest BCUT2D eigenvalue weighted by Gasteiger charge is 2.06. The number of carbonyl (C=O) groups excluding carboxylic acids is 1. The van der Waals surface area contributed by atoms with Crippen LogP contribution in [0.1, 0.15) is 12.5 Å². The Labute approximate surface area is 165 Å². The third kappa shape index (κ3) is 5.16. The summed E-state index contributed by atoms with van der Waals surface area (Å²) in [4.78, 5) is 12.1. The number of benzene rings is 2. The van der Waals surface area contributed by atoms with Gasteiger partial charge in [0.1, 0.15) is 5.03 Å². The number of aryl methyl sites for hydroxylation is 1. The van der Waals surface area contributed by atoms with Gasteiger partial charge in [0.05, 0.1) is 11.4 Å². The number of aromatic nitrogens is 2. The van der Waals surface area contributed by atoms with Gasteiger partial charge in [-0.3, -0.25) is 4.79 Å². The molecular weight excluding hydrogens is 410 g/mol. The number of nitrogens with zero attached hydrogens (tertiary/aromatic N) is 2. The van der Waals surface area contributed by atoms with E-state index in [9.17, 15) is 4.79 Å². The number of halogens is 1. The van der Waals surface area contributed by atoms with E-state index >= 15 is 0 Å². The highest BCUT2D eigenvalue weighted by Crippen LogP contribution is 2.22. The van der Waals surface area contributed by atoms with Crippen molar-refractivity contribution in [1.29, 1.82) is 0 Å². The van der Waals surface area contributed by atoms with E-state index in [0.717, 1.165) is 32.9 Å². The molecule has 1 amide bonds. The van der Waals surface area contributed by atoms with Crippen molar-refractivity contribution in [3.8, 4) is 11.3 Å². The molecule has 0 aliphatic heterocycles. The largest absolute Gasteiger partial charge is 0.325 e. The first-order valence-electron chi connectivity index (χ1n) is 8.25.